The monoisotopic (exact) mass is 1190 g/mol. The minimum atomic E-state index is -4.10. The molecule has 25 nitrogen and oxygen atoms in total. The van der Waals surface area contributed by atoms with Gasteiger partial charge in [0.05, 0.1) is 72.1 Å². The van der Waals surface area contributed by atoms with Gasteiger partial charge in [0, 0.05) is 85.3 Å². The number of benzene rings is 6. The first-order valence-electron chi connectivity index (χ1n) is 25.8. The molecule has 0 atom stereocenters. The van der Waals surface area contributed by atoms with Gasteiger partial charge in [0.15, 0.2) is 23.3 Å². The summed E-state index contributed by atoms with van der Waals surface area (Å²) >= 11 is 0. The zero-order valence-electron chi connectivity index (χ0n) is 46.7. The number of hydrogen-bond acceptors (Lipinski definition) is 20. The number of nitrogens with two attached hydrogens (primary N) is 1. The highest BCUT2D eigenvalue weighted by molar-refractivity contribution is 7.93. The summed E-state index contributed by atoms with van der Waals surface area (Å²) in [6.07, 6.45) is -0.435. The zero-order valence-corrected chi connectivity index (χ0v) is 48.3. The lowest BCUT2D eigenvalue weighted by Crippen LogP contribution is -2.54. The zero-order chi connectivity index (χ0) is 60.3. The van der Waals surface area contributed by atoms with Crippen LogP contribution < -0.4 is 55.4 Å². The van der Waals surface area contributed by atoms with E-state index in [1.807, 2.05) is 12.1 Å². The molecule has 0 bridgehead atoms. The van der Waals surface area contributed by atoms with Crippen molar-refractivity contribution in [2.45, 2.75) is 36.2 Å². The molecule has 10 rings (SSSR count). The molecular weight excluding hydrogens is 1120 g/mol. The number of carbonyl (C=O) groups excluding carboxylic acids is 2. The number of para-hydroxylation sites is 4. The number of carbonyl (C=O) groups is 3. The maximum absolute atomic E-state index is 13.4. The summed E-state index contributed by atoms with van der Waals surface area (Å²) in [5.74, 6) is 1.05. The number of amides is 2. The molecule has 9 N–H and O–H groups in total. The normalized spacial score (nSPS) is 13.2. The van der Waals surface area contributed by atoms with Crippen LogP contribution >= 0.6 is 0 Å². The molecule has 0 spiro atoms. The lowest BCUT2D eigenvalue weighted by molar-refractivity contribution is -0.146. The van der Waals surface area contributed by atoms with E-state index in [9.17, 15) is 31.2 Å². The SMILES string of the molecule is CC(C)(C)OC(=O)N1CC(C(=O)O)C1.COc1cc(Nc2nc3ccccc3nc2NS(=O)(=O)c2cccc(N)c2)cc(OC)c1.COc1cc(Nc2nc3ccccc3nc2NS(=O)(=O)c2cccc(NC(=O)C3CNC3)c2)cc(OC)c1. The van der Waals surface area contributed by atoms with Gasteiger partial charge >= 0.3 is 12.1 Å². The molecule has 2 saturated heterocycles. The minimum Gasteiger partial charge on any atom is -0.497 e. The number of methoxy groups -OCH3 is 4. The number of nitrogens with one attached hydrogen (secondary N) is 6. The summed E-state index contributed by atoms with van der Waals surface area (Å²) in [6, 6.07) is 36.7. The van der Waals surface area contributed by atoms with E-state index in [1.54, 1.807) is 132 Å². The van der Waals surface area contributed by atoms with E-state index >= 15 is 0 Å². The number of rotatable bonds is 17. The van der Waals surface area contributed by atoms with Crippen LogP contribution in [0.15, 0.2) is 143 Å². The van der Waals surface area contributed by atoms with Crippen molar-refractivity contribution in [3.63, 3.8) is 0 Å². The molecule has 2 amide bonds. The van der Waals surface area contributed by atoms with E-state index in [0.717, 1.165) is 0 Å². The van der Waals surface area contributed by atoms with Crippen LogP contribution in [0.5, 0.6) is 23.0 Å². The van der Waals surface area contributed by atoms with E-state index < -0.39 is 43.6 Å². The van der Waals surface area contributed by atoms with Crippen molar-refractivity contribution in [3.8, 4) is 23.0 Å². The number of hydrogen-bond donors (Lipinski definition) is 8. The Morgan fingerprint density at radius 1 is 0.560 bits per heavy atom. The van der Waals surface area contributed by atoms with E-state index in [1.165, 1.54) is 43.4 Å². The molecule has 2 fully saturated rings. The summed E-state index contributed by atoms with van der Waals surface area (Å²) in [5.41, 5.74) is 9.29. The number of carboxylic acids is 1. The average molecular weight is 1190 g/mol. The summed E-state index contributed by atoms with van der Waals surface area (Å²) in [5, 5.41) is 20.6. The van der Waals surface area contributed by atoms with Gasteiger partial charge in [-0.2, -0.15) is 0 Å². The van der Waals surface area contributed by atoms with Gasteiger partial charge in [-0.15, -0.1) is 0 Å². The predicted octanol–water partition coefficient (Wildman–Crippen LogP) is 8.06. The fourth-order valence-corrected chi connectivity index (χ4v) is 10.1. The van der Waals surface area contributed by atoms with Gasteiger partial charge in [-0.1, -0.05) is 36.4 Å². The topological polar surface area (TPSA) is 339 Å². The minimum absolute atomic E-state index is 0.000433. The van der Waals surface area contributed by atoms with Gasteiger partial charge < -0.3 is 60.7 Å². The Morgan fingerprint density at radius 3 is 1.36 bits per heavy atom. The number of likely N-dealkylation sites (tertiary alicyclic amines) is 1. The first-order valence-corrected chi connectivity index (χ1v) is 28.8. The van der Waals surface area contributed by atoms with E-state index in [2.05, 4.69) is 50.6 Å². The number of aromatic nitrogens is 4. The molecule has 2 aliphatic heterocycles. The van der Waals surface area contributed by atoms with E-state index in [0.29, 0.717) is 80.9 Å². The summed E-state index contributed by atoms with van der Waals surface area (Å²) in [4.78, 5) is 53.7. The van der Waals surface area contributed by atoms with Crippen molar-refractivity contribution in [1.82, 2.24) is 30.2 Å². The quantitative estimate of drug-likeness (QED) is 0.0399. The molecule has 2 aliphatic rings. The van der Waals surface area contributed by atoms with Gasteiger partial charge in [-0.05, 0) is 81.4 Å². The van der Waals surface area contributed by atoms with Gasteiger partial charge in [-0.3, -0.25) is 19.0 Å². The lowest BCUT2D eigenvalue weighted by atomic mass is 10.0. The third kappa shape index (κ3) is 15.6. The summed E-state index contributed by atoms with van der Waals surface area (Å²) in [6.45, 7) is 7.04. The fourth-order valence-electron chi connectivity index (χ4n) is 7.97. The van der Waals surface area contributed by atoms with Crippen LogP contribution in [0.25, 0.3) is 22.1 Å². The molecule has 6 aromatic carbocycles. The number of anilines is 8. The van der Waals surface area contributed by atoms with Gasteiger partial charge in [0.2, 0.25) is 5.91 Å². The molecule has 27 heteroatoms. The number of nitrogens with zero attached hydrogens (tertiary/aromatic N) is 5. The van der Waals surface area contributed by atoms with Crippen LogP contribution in [0.1, 0.15) is 20.8 Å². The van der Waals surface area contributed by atoms with Gasteiger partial charge in [0.25, 0.3) is 20.0 Å². The summed E-state index contributed by atoms with van der Waals surface area (Å²) < 4.78 is 84.2. The number of aliphatic carboxylic acids is 1. The van der Waals surface area contributed by atoms with Crippen LogP contribution in [0.2, 0.25) is 0 Å². The molecule has 0 radical (unpaired) electrons. The van der Waals surface area contributed by atoms with Crippen LogP contribution in [0.3, 0.4) is 0 Å². The lowest BCUT2D eigenvalue weighted by Gasteiger charge is -2.37. The predicted molar refractivity (Wildman–Crippen MR) is 318 cm³/mol. The molecule has 8 aromatic rings. The number of carboxylic acid groups (broad SMARTS) is 1. The van der Waals surface area contributed by atoms with Crippen LogP contribution in [-0.2, 0) is 34.4 Å². The summed E-state index contributed by atoms with van der Waals surface area (Å²) in [7, 11) is -1.91. The Kier molecular flexibility index (Phi) is 18.7. The first kappa shape index (κ1) is 60.4. The van der Waals surface area contributed by atoms with E-state index in [-0.39, 0.29) is 58.0 Å². The number of ether oxygens (including phenoxy) is 5. The van der Waals surface area contributed by atoms with Gasteiger partial charge in [0.1, 0.15) is 28.6 Å². The molecule has 0 saturated carbocycles. The smallest absolute Gasteiger partial charge is 0.410 e. The van der Waals surface area contributed by atoms with Crippen molar-refractivity contribution in [2.24, 2.45) is 11.8 Å². The Balaban J connectivity index is 0.000000181. The van der Waals surface area contributed by atoms with Crippen molar-refractivity contribution in [3.05, 3.63) is 133 Å². The number of sulfonamides is 2. The Hall–Kier alpha value is -9.73. The number of fused-ring (bicyclic) bond motifs is 2. The van der Waals surface area contributed by atoms with Crippen LogP contribution in [-0.4, -0.2) is 125 Å². The third-order valence-corrected chi connectivity index (χ3v) is 15.1. The standard InChI is InChI=1S/C26H26N6O5S.C22H21N5O4S.C9H15NO4/c1-36-19-10-18(11-20(13-19)37-2)28-24-25(31-23-9-4-3-8-22(23)30-24)32-38(34,35)21-7-5-6-17(12-21)29-26(33)16-14-27-15-16;1-30-16-11-15(12-17(13-16)31-2)24-21-22(26-20-9-4-3-8-19(20)25-21)27-32(28,29)18-7-5-6-14(23)10-18;1-9(2,3)14-8(13)10-4-6(5-10)7(11)12/h3-13,16,27H,14-15H2,1-2H3,(H,28,30)(H,29,33)(H,31,32);3-13H,23H2,1-2H3,(H,24,25)(H,26,27);6H,4-5H2,1-3H3,(H,11,12). The second-order valence-corrected chi connectivity index (χ2v) is 23.2. The van der Waals surface area contributed by atoms with Crippen molar-refractivity contribution >= 4 is 106 Å². The molecule has 4 heterocycles. The molecule has 84 heavy (non-hydrogen) atoms. The molecule has 0 unspecified atom stereocenters. The third-order valence-electron chi connectivity index (χ3n) is 12.4. The second-order valence-electron chi connectivity index (χ2n) is 19.8. The molecule has 0 aliphatic carbocycles. The molecule has 2 aromatic heterocycles. The maximum atomic E-state index is 13.4. The van der Waals surface area contributed by atoms with Crippen molar-refractivity contribution < 1.29 is 60.0 Å². The highest BCUT2D eigenvalue weighted by atomic mass is 32.2. The first-order chi connectivity index (χ1) is 40.0. The van der Waals surface area contributed by atoms with Crippen LogP contribution in [0, 0.1) is 11.8 Å². The number of nitrogen functional groups attached to an aromatic ring is 1. The fraction of sp³-hybridized carbons (Fsp3) is 0.246. The highest BCUT2D eigenvalue weighted by Crippen LogP contribution is 2.34. The Morgan fingerprint density at radius 2 is 0.976 bits per heavy atom. The van der Waals surface area contributed by atoms with E-state index in [4.69, 9.17) is 34.5 Å². The average Bonchev–Trinajstić information content (AvgIpc) is 3.63. The second kappa shape index (κ2) is 26.0. The molecular formula is C57H62N12O13S2. The Labute approximate surface area is 484 Å². The van der Waals surface area contributed by atoms with Crippen molar-refractivity contribution in [2.75, 3.05) is 85.7 Å². The van der Waals surface area contributed by atoms with Gasteiger partial charge in [-0.25, -0.2) is 41.6 Å². The Bertz CT molecular complexity index is 3910. The highest BCUT2D eigenvalue weighted by Gasteiger charge is 2.38. The largest absolute Gasteiger partial charge is 0.497 e. The molecule has 440 valence electrons. The maximum Gasteiger partial charge on any atom is 0.410 e. The van der Waals surface area contributed by atoms with Crippen LogP contribution in [0.4, 0.5) is 50.8 Å². The van der Waals surface area contributed by atoms with Crippen molar-refractivity contribution in [1.29, 1.82) is 0 Å².